The van der Waals surface area contributed by atoms with E-state index in [1.165, 1.54) is 22.9 Å². The van der Waals surface area contributed by atoms with Gasteiger partial charge in [-0.3, -0.25) is 4.79 Å². The molecule has 4 nitrogen and oxygen atoms in total. The van der Waals surface area contributed by atoms with Gasteiger partial charge in [0.2, 0.25) is 0 Å². The van der Waals surface area contributed by atoms with E-state index in [1.807, 2.05) is 0 Å². The highest BCUT2D eigenvalue weighted by Crippen LogP contribution is 2.24. The number of amides is 1. The number of rotatable bonds is 2. The molecule has 0 aliphatic carbocycles. The highest BCUT2D eigenvalue weighted by atomic mass is 35.5. The zero-order chi connectivity index (χ0) is 12.6. The number of carbonyl (C=O) groups excluding carboxylic acids is 1. The molecule has 0 aliphatic heterocycles. The lowest BCUT2D eigenvalue weighted by molar-refractivity contribution is 0.0995. The Morgan fingerprint density at radius 3 is 2.59 bits per heavy atom. The summed E-state index contributed by atoms with van der Waals surface area (Å²) in [5.41, 5.74) is 5.45. The maximum atomic E-state index is 12.9. The molecule has 1 heterocycles. The highest BCUT2D eigenvalue weighted by molar-refractivity contribution is 6.33. The zero-order valence-corrected chi connectivity index (χ0v) is 9.84. The standard InChI is InChI=1S/C10H6Cl2FN3O/c11-6-3-5(13)1-2-8(6)16-9(12)4-7(15-16)10(14)17/h1-4H,(H2,14,17). The van der Waals surface area contributed by atoms with E-state index in [9.17, 15) is 9.18 Å². The Hall–Kier alpha value is -1.59. The summed E-state index contributed by atoms with van der Waals surface area (Å²) in [7, 11) is 0. The molecule has 17 heavy (non-hydrogen) atoms. The molecule has 0 fully saturated rings. The molecule has 1 amide bonds. The zero-order valence-electron chi connectivity index (χ0n) is 8.32. The lowest BCUT2D eigenvalue weighted by Gasteiger charge is -2.05. The van der Waals surface area contributed by atoms with Crippen molar-refractivity contribution >= 4 is 29.1 Å². The fourth-order valence-electron chi connectivity index (χ4n) is 1.30. The maximum Gasteiger partial charge on any atom is 0.269 e. The van der Waals surface area contributed by atoms with E-state index in [4.69, 9.17) is 28.9 Å². The minimum absolute atomic E-state index is 0.00962. The Morgan fingerprint density at radius 1 is 1.35 bits per heavy atom. The quantitative estimate of drug-likeness (QED) is 0.914. The second-order valence-electron chi connectivity index (χ2n) is 3.22. The smallest absolute Gasteiger partial charge is 0.269 e. The van der Waals surface area contributed by atoms with Gasteiger partial charge in [0.15, 0.2) is 5.69 Å². The van der Waals surface area contributed by atoms with Crippen molar-refractivity contribution in [2.24, 2.45) is 5.73 Å². The Labute approximate surface area is 106 Å². The number of aromatic nitrogens is 2. The van der Waals surface area contributed by atoms with Gasteiger partial charge >= 0.3 is 0 Å². The van der Waals surface area contributed by atoms with Crippen LogP contribution in [0.5, 0.6) is 0 Å². The summed E-state index contributed by atoms with van der Waals surface area (Å²) in [4.78, 5) is 10.9. The maximum absolute atomic E-state index is 12.9. The first-order valence-electron chi connectivity index (χ1n) is 4.50. The average Bonchev–Trinajstić information content (AvgIpc) is 2.61. The van der Waals surface area contributed by atoms with Crippen molar-refractivity contribution in [2.45, 2.75) is 0 Å². The van der Waals surface area contributed by atoms with E-state index in [1.54, 1.807) is 0 Å². The van der Waals surface area contributed by atoms with Crippen LogP contribution in [0.3, 0.4) is 0 Å². The molecule has 0 saturated carbocycles. The van der Waals surface area contributed by atoms with Gasteiger partial charge in [-0.05, 0) is 18.2 Å². The molecule has 0 bridgehead atoms. The predicted molar refractivity (Wildman–Crippen MR) is 62.1 cm³/mol. The second kappa shape index (κ2) is 4.35. The molecule has 7 heteroatoms. The van der Waals surface area contributed by atoms with Gasteiger partial charge in [-0.1, -0.05) is 23.2 Å². The van der Waals surface area contributed by atoms with Gasteiger partial charge < -0.3 is 5.73 Å². The Bertz CT molecular complexity index is 597. The largest absolute Gasteiger partial charge is 0.364 e. The number of benzene rings is 1. The Balaban J connectivity index is 2.56. The van der Waals surface area contributed by atoms with E-state index in [0.29, 0.717) is 5.69 Å². The molecule has 2 N–H and O–H groups in total. The van der Waals surface area contributed by atoms with Crippen LogP contribution in [0.1, 0.15) is 10.5 Å². The summed E-state index contributed by atoms with van der Waals surface area (Å²) in [6.07, 6.45) is 0. The summed E-state index contributed by atoms with van der Waals surface area (Å²) in [5.74, 6) is -1.18. The van der Waals surface area contributed by atoms with Crippen LogP contribution in [0.25, 0.3) is 5.69 Å². The highest BCUT2D eigenvalue weighted by Gasteiger charge is 2.13. The van der Waals surface area contributed by atoms with Gasteiger partial charge in [0.05, 0.1) is 10.7 Å². The molecule has 0 saturated heterocycles. The lowest BCUT2D eigenvalue weighted by Crippen LogP contribution is -2.12. The minimum atomic E-state index is -0.705. The second-order valence-corrected chi connectivity index (χ2v) is 4.02. The number of halogens is 3. The normalized spacial score (nSPS) is 10.5. The van der Waals surface area contributed by atoms with Gasteiger partial charge in [0.25, 0.3) is 5.91 Å². The van der Waals surface area contributed by atoms with E-state index in [0.717, 1.165) is 6.07 Å². The summed E-state index contributed by atoms with van der Waals surface area (Å²) in [5, 5.41) is 4.16. The molecule has 1 aromatic heterocycles. The molecule has 0 radical (unpaired) electrons. The van der Waals surface area contributed by atoms with Crippen LogP contribution in [0.4, 0.5) is 4.39 Å². The van der Waals surface area contributed by atoms with Crippen LogP contribution in [-0.4, -0.2) is 15.7 Å². The molecule has 2 aromatic rings. The Morgan fingerprint density at radius 2 is 2.06 bits per heavy atom. The number of carbonyl (C=O) groups is 1. The van der Waals surface area contributed by atoms with Gasteiger partial charge in [-0.15, -0.1) is 0 Å². The van der Waals surface area contributed by atoms with E-state index in [2.05, 4.69) is 5.10 Å². The van der Waals surface area contributed by atoms with Gasteiger partial charge in [-0.2, -0.15) is 5.10 Å². The molecule has 0 aliphatic rings. The average molecular weight is 274 g/mol. The summed E-state index contributed by atoms with van der Waals surface area (Å²) < 4.78 is 14.1. The molecule has 0 spiro atoms. The van der Waals surface area contributed by atoms with E-state index < -0.39 is 11.7 Å². The number of nitrogens with zero attached hydrogens (tertiary/aromatic N) is 2. The number of hydrogen-bond acceptors (Lipinski definition) is 2. The van der Waals surface area contributed by atoms with E-state index in [-0.39, 0.29) is 15.9 Å². The number of hydrogen-bond donors (Lipinski definition) is 1. The summed E-state index contributed by atoms with van der Waals surface area (Å²) >= 11 is 11.7. The van der Waals surface area contributed by atoms with Crippen LogP contribution in [0.2, 0.25) is 10.2 Å². The van der Waals surface area contributed by atoms with Gasteiger partial charge in [0, 0.05) is 6.07 Å². The third-order valence-electron chi connectivity index (χ3n) is 2.06. The Kier molecular flexibility index (Phi) is 3.04. The van der Waals surface area contributed by atoms with Crippen molar-refractivity contribution in [1.82, 2.24) is 9.78 Å². The van der Waals surface area contributed by atoms with Crippen molar-refractivity contribution < 1.29 is 9.18 Å². The number of nitrogens with two attached hydrogens (primary N) is 1. The van der Waals surface area contributed by atoms with Crippen molar-refractivity contribution in [3.63, 3.8) is 0 Å². The molecular weight excluding hydrogens is 268 g/mol. The van der Waals surface area contributed by atoms with Crippen LogP contribution in [-0.2, 0) is 0 Å². The minimum Gasteiger partial charge on any atom is -0.364 e. The van der Waals surface area contributed by atoms with Crippen molar-refractivity contribution in [3.05, 3.63) is 46.0 Å². The van der Waals surface area contributed by atoms with Crippen molar-refractivity contribution in [1.29, 1.82) is 0 Å². The molecule has 0 atom stereocenters. The fraction of sp³-hybridized carbons (Fsp3) is 0. The van der Waals surface area contributed by atoms with Crippen molar-refractivity contribution in [2.75, 3.05) is 0 Å². The monoisotopic (exact) mass is 273 g/mol. The van der Waals surface area contributed by atoms with Gasteiger partial charge in [0.1, 0.15) is 11.0 Å². The summed E-state index contributed by atoms with van der Waals surface area (Å²) in [6, 6.07) is 5.05. The lowest BCUT2D eigenvalue weighted by atomic mass is 10.3. The molecular formula is C10H6Cl2FN3O. The SMILES string of the molecule is NC(=O)c1cc(Cl)n(-c2ccc(F)cc2Cl)n1. The molecule has 2 rings (SSSR count). The molecule has 88 valence electrons. The third-order valence-corrected chi connectivity index (χ3v) is 2.63. The topological polar surface area (TPSA) is 60.9 Å². The van der Waals surface area contributed by atoms with Crippen LogP contribution < -0.4 is 5.73 Å². The van der Waals surface area contributed by atoms with Crippen LogP contribution in [0.15, 0.2) is 24.3 Å². The summed E-state index contributed by atoms with van der Waals surface area (Å²) in [6.45, 7) is 0. The molecule has 1 aromatic carbocycles. The van der Waals surface area contributed by atoms with Crippen LogP contribution >= 0.6 is 23.2 Å². The third kappa shape index (κ3) is 2.25. The van der Waals surface area contributed by atoms with Crippen molar-refractivity contribution in [3.8, 4) is 5.69 Å². The number of primary amides is 1. The molecule has 0 unspecified atom stereocenters. The van der Waals surface area contributed by atoms with Gasteiger partial charge in [-0.25, -0.2) is 9.07 Å². The van der Waals surface area contributed by atoms with Crippen LogP contribution in [0, 0.1) is 5.82 Å². The first-order chi connectivity index (χ1) is 7.99. The first-order valence-corrected chi connectivity index (χ1v) is 5.25. The fourth-order valence-corrected chi connectivity index (χ4v) is 1.78. The first kappa shape index (κ1) is 11.9. The predicted octanol–water partition coefficient (Wildman–Crippen LogP) is 2.42. The van der Waals surface area contributed by atoms with E-state index >= 15 is 0 Å².